The fourth-order valence-electron chi connectivity index (χ4n) is 4.26. The first-order valence-corrected chi connectivity index (χ1v) is 11.5. The maximum atomic E-state index is 13.7. The van der Waals surface area contributed by atoms with Crippen molar-refractivity contribution in [3.05, 3.63) is 100 Å². The van der Waals surface area contributed by atoms with Crippen molar-refractivity contribution in [3.63, 3.8) is 0 Å². The Kier molecular flexibility index (Phi) is 6.45. The number of hydrogen-bond acceptors (Lipinski definition) is 3. The second-order valence-corrected chi connectivity index (χ2v) is 8.72. The van der Waals surface area contributed by atoms with Gasteiger partial charge in [0.1, 0.15) is 5.70 Å². The molecule has 0 aromatic heterocycles. The average molecular weight is 439 g/mol. The molecule has 4 heteroatoms. The van der Waals surface area contributed by atoms with Gasteiger partial charge in [-0.05, 0) is 74.1 Å². The van der Waals surface area contributed by atoms with E-state index >= 15 is 0 Å². The van der Waals surface area contributed by atoms with Crippen molar-refractivity contribution in [2.24, 2.45) is 0 Å². The lowest BCUT2D eigenvalue weighted by Gasteiger charge is -2.16. The van der Waals surface area contributed by atoms with Crippen LogP contribution in [0.3, 0.4) is 0 Å². The number of imide groups is 1. The minimum atomic E-state index is -0.334. The predicted octanol–water partition coefficient (Wildman–Crippen LogP) is 6.35. The molecule has 33 heavy (non-hydrogen) atoms. The molecule has 0 unspecified atom stereocenters. The van der Waals surface area contributed by atoms with Gasteiger partial charge >= 0.3 is 0 Å². The standard InChI is InChI=1S/C29H30N2O2/c1-5-6-10-22-13-15-23(16-14-22)31-28(32)26(24-17-12-19(2)18-21(24)4)27(29(31)33)30-25-11-8-7-9-20(25)3/h7-9,11-18,30H,5-6,10H2,1-4H3. The van der Waals surface area contributed by atoms with E-state index in [0.717, 1.165) is 47.2 Å². The van der Waals surface area contributed by atoms with Crippen molar-refractivity contribution >= 4 is 28.8 Å². The second-order valence-electron chi connectivity index (χ2n) is 8.72. The average Bonchev–Trinajstić information content (AvgIpc) is 3.04. The van der Waals surface area contributed by atoms with Crippen LogP contribution in [-0.2, 0) is 16.0 Å². The fraction of sp³-hybridized carbons (Fsp3) is 0.241. The molecule has 0 radical (unpaired) electrons. The molecule has 1 aliphatic heterocycles. The highest BCUT2D eigenvalue weighted by Gasteiger charge is 2.40. The van der Waals surface area contributed by atoms with E-state index in [1.807, 2.05) is 87.5 Å². The lowest BCUT2D eigenvalue weighted by molar-refractivity contribution is -0.120. The maximum absolute atomic E-state index is 13.7. The first kappa shape index (κ1) is 22.5. The SMILES string of the molecule is CCCCc1ccc(N2C(=O)C(Nc3ccccc3C)=C(c3ccc(C)cc3C)C2=O)cc1. The molecule has 0 saturated carbocycles. The van der Waals surface area contributed by atoms with Gasteiger partial charge in [-0.3, -0.25) is 9.59 Å². The molecule has 0 atom stereocenters. The molecule has 0 spiro atoms. The summed E-state index contributed by atoms with van der Waals surface area (Å²) in [7, 11) is 0. The predicted molar refractivity (Wildman–Crippen MR) is 135 cm³/mol. The monoisotopic (exact) mass is 438 g/mol. The largest absolute Gasteiger partial charge is 0.350 e. The van der Waals surface area contributed by atoms with E-state index in [9.17, 15) is 9.59 Å². The number of amides is 2. The third kappa shape index (κ3) is 4.47. The van der Waals surface area contributed by atoms with Crippen LogP contribution in [0.1, 0.15) is 47.6 Å². The smallest absolute Gasteiger partial charge is 0.282 e. The summed E-state index contributed by atoms with van der Waals surface area (Å²) in [6.45, 7) is 8.14. The first-order chi connectivity index (χ1) is 15.9. The molecule has 4 nitrogen and oxygen atoms in total. The van der Waals surface area contributed by atoms with Crippen molar-refractivity contribution < 1.29 is 9.59 Å². The van der Waals surface area contributed by atoms with Crippen LogP contribution >= 0.6 is 0 Å². The molecule has 1 aliphatic rings. The Balaban J connectivity index is 1.78. The van der Waals surface area contributed by atoms with E-state index in [0.29, 0.717) is 17.0 Å². The molecule has 4 rings (SSSR count). The lowest BCUT2D eigenvalue weighted by atomic mass is 9.97. The number of aryl methyl sites for hydroxylation is 4. The maximum Gasteiger partial charge on any atom is 0.282 e. The highest BCUT2D eigenvalue weighted by molar-refractivity contribution is 6.46. The molecule has 0 bridgehead atoms. The summed E-state index contributed by atoms with van der Waals surface area (Å²) in [6.07, 6.45) is 3.23. The molecule has 1 N–H and O–H groups in total. The Morgan fingerprint density at radius 3 is 2.21 bits per heavy atom. The molecule has 0 saturated heterocycles. The fourth-order valence-corrected chi connectivity index (χ4v) is 4.26. The number of para-hydroxylation sites is 1. The van der Waals surface area contributed by atoms with E-state index < -0.39 is 0 Å². The molecule has 3 aromatic carbocycles. The van der Waals surface area contributed by atoms with Gasteiger partial charge < -0.3 is 5.32 Å². The van der Waals surface area contributed by atoms with Gasteiger partial charge in [-0.1, -0.05) is 67.4 Å². The Morgan fingerprint density at radius 1 is 0.818 bits per heavy atom. The zero-order chi connectivity index (χ0) is 23.5. The number of anilines is 2. The number of nitrogens with one attached hydrogen (secondary N) is 1. The highest BCUT2D eigenvalue weighted by Crippen LogP contribution is 2.35. The van der Waals surface area contributed by atoms with Gasteiger partial charge in [-0.25, -0.2) is 4.90 Å². The molecular weight excluding hydrogens is 408 g/mol. The summed E-state index contributed by atoms with van der Waals surface area (Å²) in [4.78, 5) is 28.6. The topological polar surface area (TPSA) is 49.4 Å². The Hall–Kier alpha value is -3.66. The summed E-state index contributed by atoms with van der Waals surface area (Å²) < 4.78 is 0. The summed E-state index contributed by atoms with van der Waals surface area (Å²) in [5.41, 5.74) is 7.20. The van der Waals surface area contributed by atoms with Crippen LogP contribution in [-0.4, -0.2) is 11.8 Å². The van der Waals surface area contributed by atoms with Crippen LogP contribution in [0.15, 0.2) is 72.4 Å². The lowest BCUT2D eigenvalue weighted by Crippen LogP contribution is -2.32. The molecular formula is C29H30N2O2. The van der Waals surface area contributed by atoms with E-state index in [4.69, 9.17) is 0 Å². The highest BCUT2D eigenvalue weighted by atomic mass is 16.2. The molecule has 0 aliphatic carbocycles. The van der Waals surface area contributed by atoms with Gasteiger partial charge in [-0.2, -0.15) is 0 Å². The van der Waals surface area contributed by atoms with E-state index in [2.05, 4.69) is 12.2 Å². The van der Waals surface area contributed by atoms with E-state index in [-0.39, 0.29) is 11.8 Å². The van der Waals surface area contributed by atoms with Crippen molar-refractivity contribution in [1.29, 1.82) is 0 Å². The second kappa shape index (κ2) is 9.45. The summed E-state index contributed by atoms with van der Waals surface area (Å²) >= 11 is 0. The van der Waals surface area contributed by atoms with Crippen LogP contribution in [0.5, 0.6) is 0 Å². The number of rotatable bonds is 7. The summed E-state index contributed by atoms with van der Waals surface area (Å²) in [6, 6.07) is 21.5. The van der Waals surface area contributed by atoms with Crippen molar-refractivity contribution in [1.82, 2.24) is 0 Å². The van der Waals surface area contributed by atoms with Gasteiger partial charge in [0.2, 0.25) is 0 Å². The molecule has 1 heterocycles. The Morgan fingerprint density at radius 2 is 1.55 bits per heavy atom. The van der Waals surface area contributed by atoms with Crippen molar-refractivity contribution in [2.45, 2.75) is 47.0 Å². The molecule has 0 fully saturated rings. The molecule has 2 amide bonds. The number of unbranched alkanes of at least 4 members (excludes halogenated alkanes) is 1. The van der Waals surface area contributed by atoms with E-state index in [1.54, 1.807) is 0 Å². The first-order valence-electron chi connectivity index (χ1n) is 11.5. The Labute approximate surface area is 195 Å². The normalized spacial score (nSPS) is 13.8. The third-order valence-corrected chi connectivity index (χ3v) is 6.15. The van der Waals surface area contributed by atoms with E-state index in [1.165, 1.54) is 10.5 Å². The van der Waals surface area contributed by atoms with Crippen LogP contribution < -0.4 is 10.2 Å². The van der Waals surface area contributed by atoms with Gasteiger partial charge in [0.05, 0.1) is 11.3 Å². The van der Waals surface area contributed by atoms with Gasteiger partial charge in [0.25, 0.3) is 11.8 Å². The van der Waals surface area contributed by atoms with Crippen LogP contribution in [0.25, 0.3) is 5.57 Å². The Bertz CT molecular complexity index is 1240. The number of benzene rings is 3. The van der Waals surface area contributed by atoms with Crippen LogP contribution in [0, 0.1) is 20.8 Å². The number of hydrogen-bond donors (Lipinski definition) is 1. The van der Waals surface area contributed by atoms with Crippen molar-refractivity contribution in [3.8, 4) is 0 Å². The number of carbonyl (C=O) groups excluding carboxylic acids is 2. The van der Waals surface area contributed by atoms with Gasteiger partial charge in [0, 0.05) is 5.69 Å². The van der Waals surface area contributed by atoms with Crippen LogP contribution in [0.4, 0.5) is 11.4 Å². The van der Waals surface area contributed by atoms with Gasteiger partial charge in [0.15, 0.2) is 0 Å². The molecule has 168 valence electrons. The minimum Gasteiger partial charge on any atom is -0.350 e. The quantitative estimate of drug-likeness (QED) is 0.437. The van der Waals surface area contributed by atoms with Gasteiger partial charge in [-0.15, -0.1) is 0 Å². The zero-order valence-corrected chi connectivity index (χ0v) is 19.7. The zero-order valence-electron chi connectivity index (χ0n) is 19.7. The number of nitrogens with zero attached hydrogens (tertiary/aromatic N) is 1. The third-order valence-electron chi connectivity index (χ3n) is 6.15. The van der Waals surface area contributed by atoms with Crippen LogP contribution in [0.2, 0.25) is 0 Å². The summed E-state index contributed by atoms with van der Waals surface area (Å²) in [5, 5.41) is 3.29. The van der Waals surface area contributed by atoms with Crippen molar-refractivity contribution in [2.75, 3.05) is 10.2 Å². The summed E-state index contributed by atoms with van der Waals surface area (Å²) in [5.74, 6) is -0.635. The molecule has 3 aromatic rings. The number of carbonyl (C=O) groups is 2. The minimum absolute atomic E-state index is 0.302.